The number of nitrogens with zero attached hydrogens (tertiary/aromatic N) is 1. The number of Topliss-reactive ketones (excluding diaryl/α,β-unsaturated/α-hetero) is 1. The fourth-order valence-electron chi connectivity index (χ4n) is 1.92. The number of hydrogen-bond acceptors (Lipinski definition) is 6. The molecule has 0 aliphatic rings. The second-order valence-corrected chi connectivity index (χ2v) is 5.88. The standard InChI is InChI=1S/C17H31N3O5.2C2H6/c1-14(4-7-18)17(23)20(3)9-5-16(22)19-8-11-25-13-12-24-10-6-15(2)21;2*1-2/h7,14,18H,4-6,8-13H2,1-3H3,(H,19,22);2*1-2H3. The summed E-state index contributed by atoms with van der Waals surface area (Å²) in [5, 5.41) is 9.74. The van der Waals surface area contributed by atoms with E-state index in [1.165, 1.54) is 18.0 Å². The Labute approximate surface area is 177 Å². The highest BCUT2D eigenvalue weighted by molar-refractivity contribution is 5.82. The summed E-state index contributed by atoms with van der Waals surface area (Å²) in [5.74, 6) is -0.346. The maximum atomic E-state index is 11.9. The number of amides is 2. The molecule has 0 aromatic heterocycles. The van der Waals surface area contributed by atoms with Crippen LogP contribution in [0.1, 0.15) is 60.8 Å². The summed E-state index contributed by atoms with van der Waals surface area (Å²) in [5.41, 5.74) is 0. The largest absolute Gasteiger partial charge is 0.379 e. The van der Waals surface area contributed by atoms with Crippen molar-refractivity contribution in [1.82, 2.24) is 10.2 Å². The zero-order chi connectivity index (χ0) is 23.1. The van der Waals surface area contributed by atoms with E-state index in [2.05, 4.69) is 5.32 Å². The lowest BCUT2D eigenvalue weighted by atomic mass is 10.1. The average Bonchev–Trinajstić information content (AvgIpc) is 2.73. The number of ether oxygens (including phenoxy) is 2. The van der Waals surface area contributed by atoms with Gasteiger partial charge in [0.05, 0.1) is 26.4 Å². The number of carbonyl (C=O) groups is 3. The Balaban J connectivity index is -0.00000158. The van der Waals surface area contributed by atoms with Gasteiger partial charge in [-0.3, -0.25) is 14.4 Å². The van der Waals surface area contributed by atoms with Crippen molar-refractivity contribution in [2.75, 3.05) is 46.6 Å². The van der Waals surface area contributed by atoms with E-state index in [1.54, 1.807) is 14.0 Å². The van der Waals surface area contributed by atoms with Gasteiger partial charge in [-0.1, -0.05) is 34.6 Å². The van der Waals surface area contributed by atoms with Crippen LogP contribution in [0.15, 0.2) is 0 Å². The van der Waals surface area contributed by atoms with Gasteiger partial charge in [-0.05, 0) is 19.6 Å². The van der Waals surface area contributed by atoms with Crippen molar-refractivity contribution in [2.24, 2.45) is 5.92 Å². The van der Waals surface area contributed by atoms with Gasteiger partial charge in [-0.25, -0.2) is 0 Å². The molecule has 0 aliphatic carbocycles. The molecule has 0 heterocycles. The van der Waals surface area contributed by atoms with Gasteiger partial charge in [0, 0.05) is 38.9 Å². The van der Waals surface area contributed by atoms with Gasteiger partial charge < -0.3 is 25.1 Å². The first kappa shape index (κ1) is 31.9. The third-order valence-electron chi connectivity index (χ3n) is 3.48. The van der Waals surface area contributed by atoms with Crippen molar-refractivity contribution in [2.45, 2.75) is 60.8 Å². The van der Waals surface area contributed by atoms with Crippen LogP contribution in [-0.4, -0.2) is 75.3 Å². The number of carbonyl (C=O) groups excluding carboxylic acids is 3. The molecule has 0 bridgehead atoms. The van der Waals surface area contributed by atoms with Gasteiger partial charge in [-0.15, -0.1) is 0 Å². The highest BCUT2D eigenvalue weighted by Crippen LogP contribution is 2.04. The third kappa shape index (κ3) is 22.4. The van der Waals surface area contributed by atoms with Crippen LogP contribution in [0.25, 0.3) is 0 Å². The second kappa shape index (κ2) is 24.2. The molecule has 2 N–H and O–H groups in total. The van der Waals surface area contributed by atoms with Crippen LogP contribution < -0.4 is 5.32 Å². The zero-order valence-electron chi connectivity index (χ0n) is 19.5. The zero-order valence-corrected chi connectivity index (χ0v) is 19.5. The van der Waals surface area contributed by atoms with E-state index < -0.39 is 0 Å². The maximum absolute atomic E-state index is 11.9. The summed E-state index contributed by atoms with van der Waals surface area (Å²) in [7, 11) is 1.66. The Morgan fingerprint density at radius 1 is 1.00 bits per heavy atom. The SMILES string of the molecule is CC.CC.CC(=O)CCOCCOCCNC(=O)CCN(C)C(=O)C(C)CC=N. The van der Waals surface area contributed by atoms with Gasteiger partial charge in [0.2, 0.25) is 11.8 Å². The predicted molar refractivity (Wildman–Crippen MR) is 117 cm³/mol. The molecule has 1 atom stereocenters. The normalized spacial score (nSPS) is 10.4. The molecule has 0 radical (unpaired) electrons. The summed E-state index contributed by atoms with van der Waals surface area (Å²) in [6.07, 6.45) is 2.27. The number of nitrogens with one attached hydrogen (secondary N) is 2. The lowest BCUT2D eigenvalue weighted by Gasteiger charge is -2.20. The minimum Gasteiger partial charge on any atom is -0.379 e. The highest BCUT2D eigenvalue weighted by atomic mass is 16.5. The molecule has 2 amide bonds. The molecule has 8 heteroatoms. The lowest BCUT2D eigenvalue weighted by molar-refractivity contribution is -0.134. The van der Waals surface area contributed by atoms with Crippen molar-refractivity contribution in [3.05, 3.63) is 0 Å². The molecule has 0 spiro atoms. The lowest BCUT2D eigenvalue weighted by Crippen LogP contribution is -2.36. The Bertz CT molecular complexity index is 431. The monoisotopic (exact) mass is 417 g/mol. The van der Waals surface area contributed by atoms with Crippen LogP contribution in [0.4, 0.5) is 0 Å². The van der Waals surface area contributed by atoms with Crippen molar-refractivity contribution in [3.63, 3.8) is 0 Å². The van der Waals surface area contributed by atoms with Gasteiger partial charge in [-0.2, -0.15) is 0 Å². The molecule has 0 fully saturated rings. The first-order valence-electron chi connectivity index (χ1n) is 10.5. The highest BCUT2D eigenvalue weighted by Gasteiger charge is 2.16. The number of hydrogen-bond donors (Lipinski definition) is 2. The van der Waals surface area contributed by atoms with Crippen LogP contribution in [0, 0.1) is 11.3 Å². The van der Waals surface area contributed by atoms with E-state index in [1.807, 2.05) is 27.7 Å². The molecule has 0 aromatic carbocycles. The molecule has 0 aliphatic heterocycles. The van der Waals surface area contributed by atoms with Gasteiger partial charge in [0.25, 0.3) is 0 Å². The molecule has 0 saturated heterocycles. The summed E-state index contributed by atoms with van der Waals surface area (Å²) < 4.78 is 10.5. The molecule has 0 aromatic rings. The van der Waals surface area contributed by atoms with E-state index >= 15 is 0 Å². The second-order valence-electron chi connectivity index (χ2n) is 5.88. The van der Waals surface area contributed by atoms with Crippen LogP contribution in [0.3, 0.4) is 0 Å². The average molecular weight is 418 g/mol. The first-order chi connectivity index (χ1) is 13.9. The fourth-order valence-corrected chi connectivity index (χ4v) is 1.92. The predicted octanol–water partition coefficient (Wildman–Crippen LogP) is 2.69. The smallest absolute Gasteiger partial charge is 0.225 e. The van der Waals surface area contributed by atoms with Crippen molar-refractivity contribution in [3.8, 4) is 0 Å². The van der Waals surface area contributed by atoms with Crippen LogP contribution in [0.2, 0.25) is 0 Å². The molecule has 8 nitrogen and oxygen atoms in total. The maximum Gasteiger partial charge on any atom is 0.225 e. The minimum atomic E-state index is -0.239. The molecule has 0 rings (SSSR count). The molecular formula is C21H43N3O5. The molecule has 29 heavy (non-hydrogen) atoms. The molecule has 1 unspecified atom stereocenters. The fraction of sp³-hybridized carbons (Fsp3) is 0.810. The molecule has 0 saturated carbocycles. The summed E-state index contributed by atoms with van der Waals surface area (Å²) in [6, 6.07) is 0. The van der Waals surface area contributed by atoms with Crippen LogP contribution in [0.5, 0.6) is 0 Å². The Morgan fingerprint density at radius 3 is 2.07 bits per heavy atom. The summed E-state index contributed by atoms with van der Waals surface area (Å²) >= 11 is 0. The van der Waals surface area contributed by atoms with E-state index in [0.717, 1.165) is 0 Å². The van der Waals surface area contributed by atoms with E-state index in [-0.39, 0.29) is 29.9 Å². The Hall–Kier alpha value is -1.80. The number of rotatable bonds is 15. The van der Waals surface area contributed by atoms with E-state index in [4.69, 9.17) is 14.9 Å². The Morgan fingerprint density at radius 2 is 1.55 bits per heavy atom. The third-order valence-corrected chi connectivity index (χ3v) is 3.48. The van der Waals surface area contributed by atoms with Crippen molar-refractivity contribution >= 4 is 23.8 Å². The van der Waals surface area contributed by atoms with Crippen LogP contribution in [-0.2, 0) is 23.9 Å². The summed E-state index contributed by atoms with van der Waals surface area (Å²) in [6.45, 7) is 13.6. The first-order valence-corrected chi connectivity index (χ1v) is 10.5. The quantitative estimate of drug-likeness (QED) is 0.314. The van der Waals surface area contributed by atoms with E-state index in [9.17, 15) is 14.4 Å². The molecule has 172 valence electrons. The molecular weight excluding hydrogens is 374 g/mol. The van der Waals surface area contributed by atoms with Gasteiger partial charge >= 0.3 is 0 Å². The minimum absolute atomic E-state index is 0.0654. The summed E-state index contributed by atoms with van der Waals surface area (Å²) in [4.78, 5) is 35.8. The number of ketones is 1. The van der Waals surface area contributed by atoms with Crippen LogP contribution >= 0.6 is 0 Å². The topological polar surface area (TPSA) is 109 Å². The van der Waals surface area contributed by atoms with Gasteiger partial charge in [0.15, 0.2) is 0 Å². The van der Waals surface area contributed by atoms with Gasteiger partial charge in [0.1, 0.15) is 5.78 Å². The van der Waals surface area contributed by atoms with Crippen molar-refractivity contribution in [1.29, 1.82) is 5.41 Å². The van der Waals surface area contributed by atoms with E-state index in [0.29, 0.717) is 52.4 Å². The van der Waals surface area contributed by atoms with Crippen molar-refractivity contribution < 1.29 is 23.9 Å². The Kier molecular flexibility index (Phi) is 26.6.